The average molecular weight is 293 g/mol. The molecule has 0 aromatic heterocycles. The van der Waals surface area contributed by atoms with Crippen LogP contribution < -0.4 is 5.32 Å². The van der Waals surface area contributed by atoms with Gasteiger partial charge in [-0.15, -0.1) is 0 Å². The Hall–Kier alpha value is -1.22. The lowest BCUT2D eigenvalue weighted by Crippen LogP contribution is -2.27. The first kappa shape index (κ1) is 16.2. The van der Waals surface area contributed by atoms with E-state index < -0.39 is 11.6 Å². The van der Waals surface area contributed by atoms with Crippen molar-refractivity contribution in [3.05, 3.63) is 41.0 Å². The molecule has 0 radical (unpaired) electrons. The highest BCUT2D eigenvalue weighted by atomic mass is 19.2. The van der Waals surface area contributed by atoms with Crippen LogP contribution in [-0.2, 0) is 0 Å². The number of rotatable bonds is 5. The Morgan fingerprint density at radius 1 is 1.19 bits per heavy atom. The second kappa shape index (κ2) is 7.69. The van der Waals surface area contributed by atoms with E-state index >= 15 is 0 Å². The second-order valence-electron chi connectivity index (χ2n) is 6.26. The van der Waals surface area contributed by atoms with Crippen molar-refractivity contribution in [2.45, 2.75) is 52.0 Å². The highest BCUT2D eigenvalue weighted by Crippen LogP contribution is 2.30. The molecule has 0 amide bonds. The van der Waals surface area contributed by atoms with Crippen molar-refractivity contribution in [3.8, 4) is 0 Å². The van der Waals surface area contributed by atoms with E-state index in [1.807, 2.05) is 6.08 Å². The smallest absolute Gasteiger partial charge is 0.159 e. The van der Waals surface area contributed by atoms with Gasteiger partial charge in [0.1, 0.15) is 0 Å². The van der Waals surface area contributed by atoms with Gasteiger partial charge in [0.25, 0.3) is 0 Å². The van der Waals surface area contributed by atoms with Gasteiger partial charge in [-0.1, -0.05) is 50.8 Å². The van der Waals surface area contributed by atoms with Crippen LogP contribution in [0, 0.1) is 17.6 Å². The first-order chi connectivity index (χ1) is 10.1. The van der Waals surface area contributed by atoms with Gasteiger partial charge in [-0.2, -0.15) is 0 Å². The number of halogens is 2. The van der Waals surface area contributed by atoms with E-state index in [2.05, 4.69) is 19.2 Å². The van der Waals surface area contributed by atoms with Crippen molar-refractivity contribution < 1.29 is 8.78 Å². The van der Waals surface area contributed by atoms with Crippen molar-refractivity contribution in [1.29, 1.82) is 0 Å². The third-order valence-corrected chi connectivity index (χ3v) is 4.14. The number of hydrogen-bond acceptors (Lipinski definition) is 1. The first-order valence-electron chi connectivity index (χ1n) is 7.95. The van der Waals surface area contributed by atoms with E-state index in [1.54, 1.807) is 6.07 Å². The molecule has 1 aromatic rings. The summed E-state index contributed by atoms with van der Waals surface area (Å²) in [4.78, 5) is 0. The minimum absolute atomic E-state index is 0.418. The number of benzene rings is 1. The zero-order valence-electron chi connectivity index (χ0n) is 13.0. The molecular weight excluding hydrogens is 268 g/mol. The fraction of sp³-hybridized carbons (Fsp3) is 0.556. The van der Waals surface area contributed by atoms with E-state index in [0.717, 1.165) is 12.1 Å². The van der Waals surface area contributed by atoms with Crippen LogP contribution in [-0.4, -0.2) is 12.6 Å². The Labute approximate surface area is 126 Å². The Bertz CT molecular complexity index is 488. The molecule has 1 fully saturated rings. The van der Waals surface area contributed by atoms with E-state index in [4.69, 9.17) is 0 Å². The molecule has 3 heteroatoms. The fourth-order valence-corrected chi connectivity index (χ4v) is 2.92. The third kappa shape index (κ3) is 4.92. The van der Waals surface area contributed by atoms with Crippen LogP contribution in [0.1, 0.15) is 51.5 Å². The molecule has 0 saturated heterocycles. The summed E-state index contributed by atoms with van der Waals surface area (Å²) in [6, 6.07) is 4.56. The Kier molecular flexibility index (Phi) is 5.92. The van der Waals surface area contributed by atoms with Gasteiger partial charge >= 0.3 is 0 Å². The lowest BCUT2D eigenvalue weighted by Gasteiger charge is -2.25. The van der Waals surface area contributed by atoms with E-state index in [9.17, 15) is 8.78 Å². The topological polar surface area (TPSA) is 12.0 Å². The molecule has 0 bridgehead atoms. The molecule has 1 aliphatic rings. The van der Waals surface area contributed by atoms with E-state index in [0.29, 0.717) is 12.0 Å². The normalized spacial score (nSPS) is 17.5. The Balaban J connectivity index is 2.19. The average Bonchev–Trinajstić information content (AvgIpc) is 2.48. The van der Waals surface area contributed by atoms with Crippen LogP contribution in [0.2, 0.25) is 0 Å². The van der Waals surface area contributed by atoms with Gasteiger partial charge in [-0.05, 0) is 36.5 Å². The minimum Gasteiger partial charge on any atom is -0.311 e. The van der Waals surface area contributed by atoms with Gasteiger partial charge in [-0.25, -0.2) is 8.78 Å². The molecule has 1 saturated carbocycles. The maximum Gasteiger partial charge on any atom is 0.159 e. The molecule has 21 heavy (non-hydrogen) atoms. The van der Waals surface area contributed by atoms with Gasteiger partial charge < -0.3 is 5.32 Å². The van der Waals surface area contributed by atoms with Crippen LogP contribution in [0.15, 0.2) is 23.8 Å². The second-order valence-corrected chi connectivity index (χ2v) is 6.26. The molecule has 1 aromatic carbocycles. The van der Waals surface area contributed by atoms with Crippen molar-refractivity contribution in [2.75, 3.05) is 6.54 Å². The molecule has 1 N–H and O–H groups in total. The number of nitrogens with one attached hydrogen (secondary N) is 1. The molecular formula is C18H25F2N. The molecule has 2 rings (SSSR count). The lowest BCUT2D eigenvalue weighted by molar-refractivity contribution is 0.394. The Morgan fingerprint density at radius 2 is 1.90 bits per heavy atom. The van der Waals surface area contributed by atoms with Crippen molar-refractivity contribution in [3.63, 3.8) is 0 Å². The molecule has 0 unspecified atom stereocenters. The van der Waals surface area contributed by atoms with Gasteiger partial charge in [0.05, 0.1) is 0 Å². The summed E-state index contributed by atoms with van der Waals surface area (Å²) in [6.45, 7) is 5.06. The lowest BCUT2D eigenvalue weighted by atomic mass is 9.83. The maximum absolute atomic E-state index is 13.4. The molecule has 0 atom stereocenters. The van der Waals surface area contributed by atoms with Crippen LogP contribution in [0.4, 0.5) is 8.78 Å². The third-order valence-electron chi connectivity index (χ3n) is 4.14. The van der Waals surface area contributed by atoms with Crippen molar-refractivity contribution in [2.24, 2.45) is 5.92 Å². The van der Waals surface area contributed by atoms with Gasteiger partial charge in [0, 0.05) is 12.6 Å². The summed E-state index contributed by atoms with van der Waals surface area (Å²) in [6.07, 6.45) is 8.29. The molecule has 0 spiro atoms. The largest absolute Gasteiger partial charge is 0.311 e. The van der Waals surface area contributed by atoms with Crippen LogP contribution in [0.5, 0.6) is 0 Å². The molecule has 0 heterocycles. The monoisotopic (exact) mass is 293 g/mol. The predicted octanol–water partition coefficient (Wildman–Crippen LogP) is 4.93. The van der Waals surface area contributed by atoms with Gasteiger partial charge in [0.15, 0.2) is 11.6 Å². The maximum atomic E-state index is 13.4. The number of hydrogen-bond donors (Lipinski definition) is 1. The summed E-state index contributed by atoms with van der Waals surface area (Å²) in [5.74, 6) is -0.992. The molecule has 1 nitrogen and oxygen atoms in total. The predicted molar refractivity (Wildman–Crippen MR) is 84.0 cm³/mol. The Morgan fingerprint density at radius 3 is 2.52 bits per heavy atom. The van der Waals surface area contributed by atoms with Crippen molar-refractivity contribution in [1.82, 2.24) is 5.32 Å². The summed E-state index contributed by atoms with van der Waals surface area (Å²) in [7, 11) is 0. The standard InChI is InChI=1S/C18H25F2N/c1-13(2)21-12-16(15-6-4-3-5-7-15)10-14-8-9-17(19)18(20)11-14/h8-11,13,15,21H,3-7,12H2,1-2H3/b16-10-. The van der Waals surface area contributed by atoms with Crippen LogP contribution >= 0.6 is 0 Å². The first-order valence-corrected chi connectivity index (χ1v) is 7.95. The minimum atomic E-state index is -0.785. The van der Waals surface area contributed by atoms with Gasteiger partial charge in [0.2, 0.25) is 0 Å². The van der Waals surface area contributed by atoms with Gasteiger partial charge in [-0.3, -0.25) is 0 Å². The van der Waals surface area contributed by atoms with Crippen molar-refractivity contribution >= 4 is 6.08 Å². The molecule has 1 aliphatic carbocycles. The van der Waals surface area contributed by atoms with E-state index in [1.165, 1.54) is 49.8 Å². The fourth-order valence-electron chi connectivity index (χ4n) is 2.92. The van der Waals surface area contributed by atoms with Crippen LogP contribution in [0.25, 0.3) is 6.08 Å². The summed E-state index contributed by atoms with van der Waals surface area (Å²) < 4.78 is 26.4. The zero-order valence-corrected chi connectivity index (χ0v) is 13.0. The van der Waals surface area contributed by atoms with E-state index in [-0.39, 0.29) is 0 Å². The van der Waals surface area contributed by atoms with Crippen LogP contribution in [0.3, 0.4) is 0 Å². The quantitative estimate of drug-likeness (QED) is 0.812. The summed E-state index contributed by atoms with van der Waals surface area (Å²) >= 11 is 0. The zero-order chi connectivity index (χ0) is 15.2. The highest BCUT2D eigenvalue weighted by Gasteiger charge is 2.18. The highest BCUT2D eigenvalue weighted by molar-refractivity contribution is 5.54. The molecule has 0 aliphatic heterocycles. The molecule has 116 valence electrons. The summed E-state index contributed by atoms with van der Waals surface area (Å²) in [5, 5.41) is 3.45. The SMILES string of the molecule is CC(C)NC/C(=C/c1ccc(F)c(F)c1)C1CCCCC1. The summed E-state index contributed by atoms with van der Waals surface area (Å²) in [5.41, 5.74) is 2.06.